The minimum absolute atomic E-state index is 0.0376. The van der Waals surface area contributed by atoms with E-state index < -0.39 is 48.5 Å². The third-order valence-corrected chi connectivity index (χ3v) is 6.60. The Bertz CT molecular complexity index is 1190. The lowest BCUT2D eigenvalue weighted by Gasteiger charge is -2.21. The molecule has 11 nitrogen and oxygen atoms in total. The molecule has 40 heavy (non-hydrogen) atoms. The number of aliphatic hydroxyl groups excluding tert-OH is 2. The Labute approximate surface area is 230 Å². The van der Waals surface area contributed by atoms with Crippen LogP contribution in [0.2, 0.25) is 0 Å². The average Bonchev–Trinajstić information content (AvgIpc) is 3.17. The number of hydrogen-bond acceptors (Lipinski definition) is 9. The fourth-order valence-electron chi connectivity index (χ4n) is 4.30. The molecule has 0 aromatic carbocycles. The molecule has 1 aliphatic rings. The van der Waals surface area contributed by atoms with E-state index in [1.165, 1.54) is 50.4 Å². The zero-order valence-corrected chi connectivity index (χ0v) is 22.4. The van der Waals surface area contributed by atoms with E-state index in [0.29, 0.717) is 4.57 Å². The molecule has 0 saturated carbocycles. The number of alkyl halides is 2. The maximum absolute atomic E-state index is 14.3. The van der Waals surface area contributed by atoms with Crippen LogP contribution in [0.1, 0.15) is 91.8 Å². The van der Waals surface area contributed by atoms with Gasteiger partial charge in [0.1, 0.15) is 17.6 Å². The van der Waals surface area contributed by atoms with Gasteiger partial charge in [0.05, 0.1) is 13.2 Å². The maximum atomic E-state index is 14.3. The van der Waals surface area contributed by atoms with Crippen LogP contribution in [-0.4, -0.2) is 68.0 Å². The Morgan fingerprint density at radius 1 is 1.12 bits per heavy atom. The van der Waals surface area contributed by atoms with Crippen LogP contribution in [0.5, 0.6) is 0 Å². The molecule has 0 radical (unpaired) electrons. The van der Waals surface area contributed by atoms with Gasteiger partial charge in [-0.15, -0.1) is 0 Å². The Morgan fingerprint density at radius 2 is 1.80 bits per heavy atom. The SMILES string of the molecule is CCCCCCCCCCCOC(=O)c1cc(C(=O)Nc2ccn([C@@H]3O[C@H](CO)[C@@H](O)C3(F)F)c(=O)n2)ccn1. The van der Waals surface area contributed by atoms with Crippen LogP contribution in [0.3, 0.4) is 0 Å². The van der Waals surface area contributed by atoms with Crippen molar-refractivity contribution in [3.63, 3.8) is 0 Å². The summed E-state index contributed by atoms with van der Waals surface area (Å²) >= 11 is 0. The summed E-state index contributed by atoms with van der Waals surface area (Å²) in [6, 6.07) is 3.68. The number of nitrogens with zero attached hydrogens (tertiary/aromatic N) is 3. The molecule has 3 heterocycles. The number of hydrogen-bond donors (Lipinski definition) is 3. The van der Waals surface area contributed by atoms with Crippen molar-refractivity contribution in [2.75, 3.05) is 18.5 Å². The monoisotopic (exact) mass is 566 g/mol. The van der Waals surface area contributed by atoms with Crippen LogP contribution < -0.4 is 11.0 Å². The van der Waals surface area contributed by atoms with Crippen LogP contribution >= 0.6 is 0 Å². The largest absolute Gasteiger partial charge is 0.461 e. The highest BCUT2D eigenvalue weighted by Gasteiger charge is 2.59. The second kappa shape index (κ2) is 14.9. The first kappa shape index (κ1) is 31.2. The van der Waals surface area contributed by atoms with Gasteiger partial charge in [-0.3, -0.25) is 9.36 Å². The summed E-state index contributed by atoms with van der Waals surface area (Å²) in [7, 11) is 0. The zero-order valence-electron chi connectivity index (χ0n) is 22.4. The molecule has 2 aromatic rings. The number of pyridine rings is 1. The Hall–Kier alpha value is -3.29. The summed E-state index contributed by atoms with van der Waals surface area (Å²) in [4.78, 5) is 44.9. The van der Waals surface area contributed by atoms with Gasteiger partial charge in [-0.25, -0.2) is 14.6 Å². The van der Waals surface area contributed by atoms with Crippen molar-refractivity contribution < 1.29 is 38.1 Å². The quantitative estimate of drug-likeness (QED) is 0.217. The first-order chi connectivity index (χ1) is 19.2. The molecule has 0 spiro atoms. The Morgan fingerprint density at radius 3 is 2.42 bits per heavy atom. The number of unbranched alkanes of at least 4 members (excludes halogenated alkanes) is 8. The van der Waals surface area contributed by atoms with Crippen LogP contribution in [-0.2, 0) is 9.47 Å². The number of aromatic nitrogens is 3. The Balaban J connectivity index is 1.50. The van der Waals surface area contributed by atoms with Crippen LogP contribution in [0, 0.1) is 0 Å². The molecule has 13 heteroatoms. The summed E-state index contributed by atoms with van der Waals surface area (Å²) in [6.45, 7) is 1.56. The number of amides is 1. The van der Waals surface area contributed by atoms with Crippen LogP contribution in [0.25, 0.3) is 0 Å². The third-order valence-electron chi connectivity index (χ3n) is 6.60. The molecule has 3 atom stereocenters. The first-order valence-electron chi connectivity index (χ1n) is 13.5. The van der Waals surface area contributed by atoms with E-state index in [9.17, 15) is 28.3 Å². The van der Waals surface area contributed by atoms with Gasteiger partial charge < -0.3 is 25.0 Å². The third kappa shape index (κ3) is 8.12. The predicted molar refractivity (Wildman–Crippen MR) is 140 cm³/mol. The fraction of sp³-hybridized carbons (Fsp3) is 0.593. The van der Waals surface area contributed by atoms with Crippen molar-refractivity contribution in [2.45, 2.75) is 89.1 Å². The van der Waals surface area contributed by atoms with Gasteiger partial charge in [-0.05, 0) is 24.6 Å². The lowest BCUT2D eigenvalue weighted by atomic mass is 10.1. The van der Waals surface area contributed by atoms with Gasteiger partial charge >= 0.3 is 17.6 Å². The number of nitrogens with one attached hydrogen (secondary N) is 1. The van der Waals surface area contributed by atoms with Gasteiger partial charge in [0, 0.05) is 18.0 Å². The first-order valence-corrected chi connectivity index (χ1v) is 13.5. The number of aliphatic hydroxyl groups is 2. The number of carbonyl (C=O) groups is 2. The predicted octanol–water partition coefficient (Wildman–Crippen LogP) is 3.46. The fourth-order valence-corrected chi connectivity index (χ4v) is 4.30. The van der Waals surface area contributed by atoms with E-state index in [1.54, 1.807) is 0 Å². The number of rotatable bonds is 15. The highest BCUT2D eigenvalue weighted by Crippen LogP contribution is 2.42. The highest BCUT2D eigenvalue weighted by molar-refractivity contribution is 6.04. The zero-order chi connectivity index (χ0) is 29.1. The number of esters is 1. The molecular formula is C27H36F2N4O7. The van der Waals surface area contributed by atoms with E-state index >= 15 is 0 Å². The van der Waals surface area contributed by atoms with E-state index in [0.717, 1.165) is 37.9 Å². The molecule has 2 aromatic heterocycles. The number of anilines is 1. The van der Waals surface area contributed by atoms with Gasteiger partial charge in [0.15, 0.2) is 6.10 Å². The van der Waals surface area contributed by atoms with Gasteiger partial charge in [-0.1, -0.05) is 58.3 Å². The van der Waals surface area contributed by atoms with Crippen molar-refractivity contribution in [2.24, 2.45) is 0 Å². The van der Waals surface area contributed by atoms with Gasteiger partial charge in [-0.2, -0.15) is 13.8 Å². The molecule has 220 valence electrons. The molecule has 1 fully saturated rings. The standard InChI is InChI=1S/C27H36F2N4O7/c1-2-3-4-5-6-7-8-9-10-15-39-24(37)19-16-18(11-13-30-19)23(36)31-21-12-14-33(26(38)32-21)25-27(28,29)22(35)20(17-34)40-25/h11-14,16,20,22,25,34-35H,2-10,15,17H2,1H3,(H,31,32,36,38)/t20-,22-,25-/m1/s1. The number of halogens is 2. The molecular weight excluding hydrogens is 530 g/mol. The molecule has 0 bridgehead atoms. The summed E-state index contributed by atoms with van der Waals surface area (Å²) in [5.74, 6) is -5.49. The highest BCUT2D eigenvalue weighted by atomic mass is 19.3. The van der Waals surface area contributed by atoms with E-state index in [4.69, 9.17) is 14.6 Å². The van der Waals surface area contributed by atoms with E-state index in [2.05, 4.69) is 22.2 Å². The van der Waals surface area contributed by atoms with Crippen LogP contribution in [0.15, 0.2) is 35.4 Å². The molecule has 1 amide bonds. The van der Waals surface area contributed by atoms with Crippen molar-refractivity contribution in [1.29, 1.82) is 0 Å². The summed E-state index contributed by atoms with van der Waals surface area (Å²) < 4.78 is 39.4. The smallest absolute Gasteiger partial charge is 0.356 e. The second-order valence-electron chi connectivity index (χ2n) is 9.68. The second-order valence-corrected chi connectivity index (χ2v) is 9.68. The molecule has 1 saturated heterocycles. The van der Waals surface area contributed by atoms with Gasteiger partial charge in [0.25, 0.3) is 5.91 Å². The van der Waals surface area contributed by atoms with E-state index in [-0.39, 0.29) is 23.7 Å². The maximum Gasteiger partial charge on any atom is 0.356 e. The summed E-state index contributed by atoms with van der Waals surface area (Å²) in [5, 5.41) is 21.1. The molecule has 0 aliphatic carbocycles. The number of ether oxygens (including phenoxy) is 2. The summed E-state index contributed by atoms with van der Waals surface area (Å²) in [5.41, 5.74) is -1.20. The number of carbonyl (C=O) groups excluding carboxylic acids is 2. The lowest BCUT2D eigenvalue weighted by molar-refractivity contribution is -0.140. The topological polar surface area (TPSA) is 153 Å². The van der Waals surface area contributed by atoms with Crippen molar-refractivity contribution in [3.05, 3.63) is 52.3 Å². The molecule has 0 unspecified atom stereocenters. The van der Waals surface area contributed by atoms with Gasteiger partial charge in [0.2, 0.25) is 6.23 Å². The van der Waals surface area contributed by atoms with Crippen molar-refractivity contribution in [1.82, 2.24) is 14.5 Å². The molecule has 1 aliphatic heterocycles. The van der Waals surface area contributed by atoms with Crippen LogP contribution in [0.4, 0.5) is 14.6 Å². The van der Waals surface area contributed by atoms with E-state index in [1.807, 2.05) is 0 Å². The lowest BCUT2D eigenvalue weighted by Crippen LogP contribution is -2.41. The molecule has 3 N–H and O–H groups in total. The van der Waals surface area contributed by atoms with Crippen molar-refractivity contribution >= 4 is 17.7 Å². The summed E-state index contributed by atoms with van der Waals surface area (Å²) in [6.07, 6.45) is 6.28. The minimum atomic E-state index is -3.86. The Kier molecular flexibility index (Phi) is 11.6. The van der Waals surface area contributed by atoms with Crippen molar-refractivity contribution in [3.8, 4) is 0 Å². The average molecular weight is 567 g/mol. The normalized spacial score (nSPS) is 19.9. The minimum Gasteiger partial charge on any atom is -0.461 e. The molecule has 3 rings (SSSR count).